The van der Waals surface area contributed by atoms with E-state index in [1.54, 1.807) is 12.1 Å². The van der Waals surface area contributed by atoms with Gasteiger partial charge in [-0.25, -0.2) is 4.79 Å². The third kappa shape index (κ3) is 2.37. The maximum atomic E-state index is 11.9. The number of ether oxygens (including phenoxy) is 1. The zero-order chi connectivity index (χ0) is 14.1. The fourth-order valence-electron chi connectivity index (χ4n) is 2.43. The lowest BCUT2D eigenvalue weighted by molar-refractivity contribution is 0.0469. The molecule has 1 aliphatic rings. The first-order valence-electron chi connectivity index (χ1n) is 6.45. The van der Waals surface area contributed by atoms with Crippen molar-refractivity contribution < 1.29 is 9.53 Å². The van der Waals surface area contributed by atoms with Crippen molar-refractivity contribution in [1.29, 1.82) is 0 Å². The van der Waals surface area contributed by atoms with Crippen molar-refractivity contribution in [3.63, 3.8) is 0 Å². The largest absolute Gasteiger partial charge is 0.461 e. The minimum Gasteiger partial charge on any atom is -0.461 e. The molecule has 20 heavy (non-hydrogen) atoms. The van der Waals surface area contributed by atoms with E-state index in [1.807, 2.05) is 12.1 Å². The zero-order valence-corrected chi connectivity index (χ0v) is 11.6. The predicted molar refractivity (Wildman–Crippen MR) is 79.0 cm³/mol. The van der Waals surface area contributed by atoms with Crippen LogP contribution in [0.1, 0.15) is 27.4 Å². The van der Waals surface area contributed by atoms with Crippen LogP contribution < -0.4 is 5.73 Å². The average Bonchev–Trinajstić information content (AvgIpc) is 2.42. The van der Waals surface area contributed by atoms with Crippen LogP contribution in [0.2, 0.25) is 5.02 Å². The van der Waals surface area contributed by atoms with Gasteiger partial charge in [0.15, 0.2) is 0 Å². The van der Waals surface area contributed by atoms with Crippen molar-refractivity contribution in [2.24, 2.45) is 0 Å². The molecule has 2 aromatic carbocycles. The lowest BCUT2D eigenvalue weighted by Gasteiger charge is -2.29. The molecule has 2 aromatic rings. The van der Waals surface area contributed by atoms with Gasteiger partial charge in [-0.3, -0.25) is 0 Å². The minimum absolute atomic E-state index is 0.305. The molecule has 4 heteroatoms. The summed E-state index contributed by atoms with van der Waals surface area (Å²) in [6, 6.07) is 13.0. The summed E-state index contributed by atoms with van der Waals surface area (Å²) in [5.74, 6) is -0.0596. The molecule has 3 rings (SSSR count). The Labute approximate surface area is 122 Å². The number of nitrogens with two attached hydrogens (primary N) is 1. The Morgan fingerprint density at radius 1 is 1.30 bits per heavy atom. The summed E-state index contributed by atoms with van der Waals surface area (Å²) in [5, 5.41) is 0.369. The van der Waals surface area contributed by atoms with E-state index in [2.05, 4.69) is 12.1 Å². The highest BCUT2D eigenvalue weighted by atomic mass is 35.5. The molecule has 102 valence electrons. The van der Waals surface area contributed by atoms with E-state index in [0.29, 0.717) is 28.8 Å². The summed E-state index contributed by atoms with van der Waals surface area (Å²) in [6.45, 7) is 0.401. The smallest absolute Gasteiger partial charge is 0.338 e. The quantitative estimate of drug-likeness (QED) is 0.695. The SMILES string of the molecule is Nc1ccc(C(=O)OCC2Cc3ccccc32)cc1Cl. The normalized spacial score (nSPS) is 16.1. The van der Waals surface area contributed by atoms with E-state index in [-0.39, 0.29) is 5.97 Å². The molecule has 0 radical (unpaired) electrons. The highest BCUT2D eigenvalue weighted by Crippen LogP contribution is 2.35. The molecular weight excluding hydrogens is 274 g/mol. The third-order valence-corrected chi connectivity index (χ3v) is 3.94. The number of benzene rings is 2. The molecule has 0 bridgehead atoms. The fraction of sp³-hybridized carbons (Fsp3) is 0.188. The van der Waals surface area contributed by atoms with Crippen molar-refractivity contribution in [2.75, 3.05) is 12.3 Å². The Balaban J connectivity index is 1.62. The van der Waals surface area contributed by atoms with E-state index < -0.39 is 0 Å². The maximum Gasteiger partial charge on any atom is 0.338 e. The van der Waals surface area contributed by atoms with Crippen LogP contribution in [0.15, 0.2) is 42.5 Å². The number of anilines is 1. The molecule has 0 saturated carbocycles. The maximum absolute atomic E-state index is 11.9. The van der Waals surface area contributed by atoms with Gasteiger partial charge in [-0.2, -0.15) is 0 Å². The van der Waals surface area contributed by atoms with Crippen molar-refractivity contribution in [3.8, 4) is 0 Å². The molecule has 0 spiro atoms. The molecule has 2 N–H and O–H groups in total. The van der Waals surface area contributed by atoms with Gasteiger partial charge in [0, 0.05) is 5.92 Å². The Kier molecular flexibility index (Phi) is 3.36. The standard InChI is InChI=1S/C16H14ClNO2/c17-14-8-11(5-6-15(14)18)16(19)20-9-12-7-10-3-1-2-4-13(10)12/h1-6,8,12H,7,9,18H2. The van der Waals surface area contributed by atoms with Crippen LogP contribution in [0.3, 0.4) is 0 Å². The molecule has 3 nitrogen and oxygen atoms in total. The van der Waals surface area contributed by atoms with Crippen LogP contribution in [-0.2, 0) is 11.2 Å². The molecule has 0 fully saturated rings. The number of fused-ring (bicyclic) bond motifs is 1. The first kappa shape index (κ1) is 13.0. The number of rotatable bonds is 3. The van der Waals surface area contributed by atoms with Gasteiger partial charge in [0.05, 0.1) is 22.9 Å². The molecule has 1 aliphatic carbocycles. The second-order valence-electron chi connectivity index (χ2n) is 4.93. The molecule has 0 saturated heterocycles. The van der Waals surface area contributed by atoms with Crippen LogP contribution >= 0.6 is 11.6 Å². The van der Waals surface area contributed by atoms with E-state index in [4.69, 9.17) is 22.1 Å². The Bertz CT molecular complexity index is 669. The summed E-state index contributed by atoms with van der Waals surface area (Å²) < 4.78 is 5.35. The minimum atomic E-state index is -0.365. The van der Waals surface area contributed by atoms with Crippen molar-refractivity contribution >= 4 is 23.3 Å². The summed E-state index contributed by atoms with van der Waals surface area (Å²) in [5.41, 5.74) is 9.10. The van der Waals surface area contributed by atoms with Gasteiger partial charge >= 0.3 is 5.97 Å². The number of esters is 1. The van der Waals surface area contributed by atoms with Crippen LogP contribution in [0.5, 0.6) is 0 Å². The molecule has 0 heterocycles. The molecule has 1 atom stereocenters. The number of halogens is 1. The molecule has 1 unspecified atom stereocenters. The third-order valence-electron chi connectivity index (χ3n) is 3.61. The zero-order valence-electron chi connectivity index (χ0n) is 10.8. The summed E-state index contributed by atoms with van der Waals surface area (Å²) in [6.07, 6.45) is 0.964. The Hall–Kier alpha value is -2.00. The molecule has 0 amide bonds. The lowest BCUT2D eigenvalue weighted by atomic mass is 9.78. The van der Waals surface area contributed by atoms with Crippen molar-refractivity contribution in [3.05, 3.63) is 64.2 Å². The topological polar surface area (TPSA) is 52.3 Å². The monoisotopic (exact) mass is 287 g/mol. The second kappa shape index (κ2) is 5.17. The predicted octanol–water partition coefficient (Wildman–Crippen LogP) is 3.42. The van der Waals surface area contributed by atoms with Gasteiger partial charge in [0.1, 0.15) is 0 Å². The fourth-order valence-corrected chi connectivity index (χ4v) is 2.61. The summed E-state index contributed by atoms with van der Waals surface area (Å²) in [4.78, 5) is 11.9. The van der Waals surface area contributed by atoms with Crippen LogP contribution in [-0.4, -0.2) is 12.6 Å². The number of nitrogen functional groups attached to an aromatic ring is 1. The van der Waals surface area contributed by atoms with Gasteiger partial charge in [0.2, 0.25) is 0 Å². The van der Waals surface area contributed by atoms with Crippen LogP contribution in [0.4, 0.5) is 5.69 Å². The van der Waals surface area contributed by atoms with E-state index in [0.717, 1.165) is 6.42 Å². The average molecular weight is 288 g/mol. The van der Waals surface area contributed by atoms with Crippen molar-refractivity contribution in [1.82, 2.24) is 0 Å². The Morgan fingerprint density at radius 2 is 2.10 bits per heavy atom. The van der Waals surface area contributed by atoms with Crippen molar-refractivity contribution in [2.45, 2.75) is 12.3 Å². The van der Waals surface area contributed by atoms with E-state index in [9.17, 15) is 4.79 Å². The number of carbonyl (C=O) groups excluding carboxylic acids is 1. The van der Waals surface area contributed by atoms with Gasteiger partial charge in [-0.05, 0) is 35.7 Å². The van der Waals surface area contributed by atoms with Gasteiger partial charge in [-0.1, -0.05) is 35.9 Å². The summed E-state index contributed by atoms with van der Waals surface area (Å²) >= 11 is 5.89. The molecule has 0 aromatic heterocycles. The van der Waals surface area contributed by atoms with Gasteiger partial charge < -0.3 is 10.5 Å². The van der Waals surface area contributed by atoms with E-state index >= 15 is 0 Å². The highest BCUT2D eigenvalue weighted by Gasteiger charge is 2.26. The highest BCUT2D eigenvalue weighted by molar-refractivity contribution is 6.33. The Morgan fingerprint density at radius 3 is 2.85 bits per heavy atom. The van der Waals surface area contributed by atoms with Crippen LogP contribution in [0, 0.1) is 0 Å². The van der Waals surface area contributed by atoms with Crippen LogP contribution in [0.25, 0.3) is 0 Å². The number of hydrogen-bond donors (Lipinski definition) is 1. The van der Waals surface area contributed by atoms with E-state index in [1.165, 1.54) is 17.2 Å². The molecular formula is C16H14ClNO2. The second-order valence-corrected chi connectivity index (χ2v) is 5.34. The lowest BCUT2D eigenvalue weighted by Crippen LogP contribution is -2.23. The summed E-state index contributed by atoms with van der Waals surface area (Å²) in [7, 11) is 0. The number of hydrogen-bond acceptors (Lipinski definition) is 3. The first-order chi connectivity index (χ1) is 9.65. The number of carbonyl (C=O) groups is 1. The molecule has 0 aliphatic heterocycles. The first-order valence-corrected chi connectivity index (χ1v) is 6.83. The van der Waals surface area contributed by atoms with Gasteiger partial charge in [0.25, 0.3) is 0 Å². The van der Waals surface area contributed by atoms with Gasteiger partial charge in [-0.15, -0.1) is 0 Å².